The van der Waals surface area contributed by atoms with Crippen molar-refractivity contribution in [1.82, 2.24) is 14.6 Å². The van der Waals surface area contributed by atoms with Gasteiger partial charge in [0, 0.05) is 22.5 Å². The molecule has 0 aliphatic carbocycles. The highest BCUT2D eigenvalue weighted by Crippen LogP contribution is 2.29. The Balaban J connectivity index is 1.77. The zero-order valence-corrected chi connectivity index (χ0v) is 15.7. The summed E-state index contributed by atoms with van der Waals surface area (Å²) in [6, 6.07) is 16.9. The van der Waals surface area contributed by atoms with Crippen LogP contribution >= 0.6 is 11.6 Å². The maximum atomic E-state index is 12.7. The number of para-hydroxylation sites is 1. The number of aryl methyl sites for hydroxylation is 2. The molecule has 0 saturated carbocycles. The summed E-state index contributed by atoms with van der Waals surface area (Å²) in [4.78, 5) is 17.2. The minimum absolute atomic E-state index is 0.214. The quantitative estimate of drug-likeness (QED) is 0.552. The maximum absolute atomic E-state index is 12.7. The van der Waals surface area contributed by atoms with Crippen LogP contribution < -0.4 is 5.32 Å². The number of anilines is 1. The van der Waals surface area contributed by atoms with Crippen LogP contribution in [0.4, 0.5) is 5.69 Å². The van der Waals surface area contributed by atoms with E-state index in [0.717, 1.165) is 28.2 Å². The van der Waals surface area contributed by atoms with Crippen molar-refractivity contribution in [2.45, 2.75) is 13.8 Å². The second-order valence-electron chi connectivity index (χ2n) is 6.28. The summed E-state index contributed by atoms with van der Waals surface area (Å²) in [5.74, 6) is -0.214. The molecular formula is C21H17ClN4O. The molecule has 1 N–H and O–H groups in total. The molecule has 0 atom stereocenters. The minimum Gasteiger partial charge on any atom is -0.322 e. The van der Waals surface area contributed by atoms with Crippen LogP contribution in [-0.2, 0) is 0 Å². The van der Waals surface area contributed by atoms with Crippen LogP contribution in [0.5, 0.6) is 0 Å². The summed E-state index contributed by atoms with van der Waals surface area (Å²) in [5.41, 5.74) is 5.43. The number of aromatic nitrogens is 3. The third-order valence-corrected chi connectivity index (χ3v) is 4.72. The number of hydrogen-bond donors (Lipinski definition) is 1. The predicted molar refractivity (Wildman–Crippen MR) is 107 cm³/mol. The van der Waals surface area contributed by atoms with E-state index in [2.05, 4.69) is 15.4 Å². The number of rotatable bonds is 3. The normalized spacial score (nSPS) is 10.9. The van der Waals surface area contributed by atoms with Gasteiger partial charge in [-0.3, -0.25) is 4.79 Å². The second-order valence-corrected chi connectivity index (χ2v) is 6.72. The Bertz CT molecular complexity index is 1130. The fraction of sp³-hybridized carbons (Fsp3) is 0.0952. The van der Waals surface area contributed by atoms with Crippen molar-refractivity contribution < 1.29 is 4.79 Å². The Hall–Kier alpha value is -3.18. The first-order valence-corrected chi connectivity index (χ1v) is 8.89. The Morgan fingerprint density at radius 2 is 1.74 bits per heavy atom. The Kier molecular flexibility index (Phi) is 4.38. The molecule has 0 unspecified atom stereocenters. The molecule has 4 rings (SSSR count). The summed E-state index contributed by atoms with van der Waals surface area (Å²) in [5, 5.41) is 8.17. The molecule has 5 nitrogen and oxygen atoms in total. The van der Waals surface area contributed by atoms with Gasteiger partial charge in [0.2, 0.25) is 0 Å². The van der Waals surface area contributed by atoms with Crippen LogP contribution in [0, 0.1) is 13.8 Å². The number of hydrogen-bond acceptors (Lipinski definition) is 3. The van der Waals surface area contributed by atoms with Gasteiger partial charge >= 0.3 is 0 Å². The van der Waals surface area contributed by atoms with Crippen LogP contribution in [0.1, 0.15) is 21.7 Å². The molecule has 2 aromatic heterocycles. The van der Waals surface area contributed by atoms with Crippen molar-refractivity contribution in [2.75, 3.05) is 5.32 Å². The van der Waals surface area contributed by atoms with Crippen molar-refractivity contribution in [3.8, 4) is 11.1 Å². The molecule has 0 aliphatic rings. The molecule has 0 spiro atoms. The molecular weight excluding hydrogens is 360 g/mol. The first-order valence-electron chi connectivity index (χ1n) is 8.52. The number of amides is 1. The van der Waals surface area contributed by atoms with Crippen LogP contribution in [0.3, 0.4) is 0 Å². The molecule has 0 radical (unpaired) electrons. The van der Waals surface area contributed by atoms with E-state index in [0.29, 0.717) is 16.2 Å². The maximum Gasteiger partial charge on any atom is 0.259 e. The molecule has 6 heteroatoms. The summed E-state index contributed by atoms with van der Waals surface area (Å²) in [6.07, 6.45) is 1.60. The number of fused-ring (bicyclic) bond motifs is 1. The van der Waals surface area contributed by atoms with Gasteiger partial charge < -0.3 is 5.32 Å². The van der Waals surface area contributed by atoms with Crippen molar-refractivity contribution in [2.24, 2.45) is 0 Å². The van der Waals surface area contributed by atoms with Gasteiger partial charge in [0.15, 0.2) is 5.65 Å². The average molecular weight is 377 g/mol. The second kappa shape index (κ2) is 6.85. The highest BCUT2D eigenvalue weighted by Gasteiger charge is 2.18. The fourth-order valence-corrected chi connectivity index (χ4v) is 3.22. The van der Waals surface area contributed by atoms with Gasteiger partial charge in [0.25, 0.3) is 5.91 Å². The number of carbonyl (C=O) groups is 1. The number of nitrogens with one attached hydrogen (secondary N) is 1. The van der Waals surface area contributed by atoms with Crippen LogP contribution in [0.25, 0.3) is 16.8 Å². The van der Waals surface area contributed by atoms with Gasteiger partial charge in [0.1, 0.15) is 0 Å². The number of nitrogens with zero attached hydrogens (tertiary/aromatic N) is 3. The molecule has 0 saturated heterocycles. The van der Waals surface area contributed by atoms with Crippen LogP contribution in [0.2, 0.25) is 5.02 Å². The Morgan fingerprint density at radius 1 is 1.04 bits per heavy atom. The number of benzene rings is 2. The van der Waals surface area contributed by atoms with Gasteiger partial charge in [0.05, 0.1) is 17.0 Å². The fourth-order valence-electron chi connectivity index (χ4n) is 3.10. The monoisotopic (exact) mass is 376 g/mol. The van der Waals surface area contributed by atoms with Gasteiger partial charge in [-0.25, -0.2) is 9.50 Å². The first-order chi connectivity index (χ1) is 13.0. The van der Waals surface area contributed by atoms with Crippen molar-refractivity contribution in [3.05, 3.63) is 82.8 Å². The van der Waals surface area contributed by atoms with E-state index < -0.39 is 0 Å². The first kappa shape index (κ1) is 17.2. The topological polar surface area (TPSA) is 59.3 Å². The SMILES string of the molecule is Cc1nn2c(C)c(C(=O)Nc3ccccc3)cnc2c1-c1ccc(Cl)cc1. The predicted octanol–water partition coefficient (Wildman–Crippen LogP) is 4.92. The largest absolute Gasteiger partial charge is 0.322 e. The van der Waals surface area contributed by atoms with Gasteiger partial charge in [-0.05, 0) is 43.7 Å². The molecule has 2 aromatic carbocycles. The average Bonchev–Trinajstić information content (AvgIpc) is 3.00. The molecule has 0 fully saturated rings. The highest BCUT2D eigenvalue weighted by atomic mass is 35.5. The summed E-state index contributed by atoms with van der Waals surface area (Å²) >= 11 is 6.00. The van der Waals surface area contributed by atoms with E-state index in [4.69, 9.17) is 11.6 Å². The molecule has 134 valence electrons. The Morgan fingerprint density at radius 3 is 2.44 bits per heavy atom. The minimum atomic E-state index is -0.214. The molecule has 0 bridgehead atoms. The zero-order valence-electron chi connectivity index (χ0n) is 14.9. The molecule has 27 heavy (non-hydrogen) atoms. The smallest absolute Gasteiger partial charge is 0.259 e. The standard InChI is InChI=1S/C21H17ClN4O/c1-13-19(15-8-10-16(22)11-9-15)20-23-12-18(14(2)26(20)25-13)21(27)24-17-6-4-3-5-7-17/h3-12H,1-2H3,(H,24,27). The van der Waals surface area contributed by atoms with Gasteiger partial charge in [-0.1, -0.05) is 41.9 Å². The lowest BCUT2D eigenvalue weighted by molar-refractivity contribution is 0.102. The van der Waals surface area contributed by atoms with E-state index in [1.165, 1.54) is 0 Å². The van der Waals surface area contributed by atoms with Crippen molar-refractivity contribution >= 4 is 28.8 Å². The number of halogens is 1. The summed E-state index contributed by atoms with van der Waals surface area (Å²) in [7, 11) is 0. The van der Waals surface area contributed by atoms with E-state index in [9.17, 15) is 4.79 Å². The Labute approximate surface area is 161 Å². The molecule has 0 aliphatic heterocycles. The lowest BCUT2D eigenvalue weighted by atomic mass is 10.1. The molecule has 4 aromatic rings. The lowest BCUT2D eigenvalue weighted by Gasteiger charge is -2.09. The summed E-state index contributed by atoms with van der Waals surface area (Å²) < 4.78 is 1.72. The van der Waals surface area contributed by atoms with E-state index in [1.807, 2.05) is 68.4 Å². The van der Waals surface area contributed by atoms with Crippen LogP contribution in [0.15, 0.2) is 60.8 Å². The molecule has 1 amide bonds. The summed E-state index contributed by atoms with van der Waals surface area (Å²) in [6.45, 7) is 3.80. The van der Waals surface area contributed by atoms with Crippen molar-refractivity contribution in [3.63, 3.8) is 0 Å². The van der Waals surface area contributed by atoms with Gasteiger partial charge in [-0.2, -0.15) is 5.10 Å². The van der Waals surface area contributed by atoms with E-state index >= 15 is 0 Å². The lowest BCUT2D eigenvalue weighted by Crippen LogP contribution is -2.16. The van der Waals surface area contributed by atoms with E-state index in [-0.39, 0.29) is 5.91 Å². The third kappa shape index (κ3) is 3.17. The van der Waals surface area contributed by atoms with Crippen molar-refractivity contribution in [1.29, 1.82) is 0 Å². The third-order valence-electron chi connectivity index (χ3n) is 4.47. The van der Waals surface area contributed by atoms with Gasteiger partial charge in [-0.15, -0.1) is 0 Å². The highest BCUT2D eigenvalue weighted by molar-refractivity contribution is 6.30. The van der Waals surface area contributed by atoms with Crippen LogP contribution in [-0.4, -0.2) is 20.5 Å². The molecule has 2 heterocycles. The zero-order chi connectivity index (χ0) is 19.0. The number of carbonyl (C=O) groups excluding carboxylic acids is 1. The van der Waals surface area contributed by atoms with E-state index in [1.54, 1.807) is 10.7 Å².